The zero-order valence-corrected chi connectivity index (χ0v) is 24.5. The Balaban J connectivity index is 1.59. The van der Waals surface area contributed by atoms with E-state index in [-0.39, 0.29) is 24.5 Å². The number of nitrogens with zero attached hydrogens (tertiary/aromatic N) is 1. The number of amides is 2. The van der Waals surface area contributed by atoms with Gasteiger partial charge in [-0.3, -0.25) is 9.59 Å². The molecule has 1 fully saturated rings. The smallest absolute Gasteiger partial charge is 0.261 e. The van der Waals surface area contributed by atoms with Crippen LogP contribution in [0.2, 0.25) is 0 Å². The van der Waals surface area contributed by atoms with E-state index in [2.05, 4.69) is 35.1 Å². The van der Waals surface area contributed by atoms with Gasteiger partial charge in [0.1, 0.15) is 11.8 Å². The molecule has 0 bridgehead atoms. The number of hydrogen-bond acceptors (Lipinski definition) is 3. The summed E-state index contributed by atoms with van der Waals surface area (Å²) >= 11 is 3.54. The van der Waals surface area contributed by atoms with Gasteiger partial charge >= 0.3 is 0 Å². The van der Waals surface area contributed by atoms with Crippen molar-refractivity contribution in [2.75, 3.05) is 6.61 Å². The number of hydrogen-bond donors (Lipinski definition) is 1. The van der Waals surface area contributed by atoms with Gasteiger partial charge in [0.05, 0.1) is 0 Å². The summed E-state index contributed by atoms with van der Waals surface area (Å²) in [7, 11) is 0. The normalized spacial score (nSPS) is 14.6. The highest BCUT2D eigenvalue weighted by molar-refractivity contribution is 9.10. The lowest BCUT2D eigenvalue weighted by atomic mass is 9.94. The molecule has 1 aliphatic carbocycles. The van der Waals surface area contributed by atoms with Crippen LogP contribution < -0.4 is 10.1 Å². The Morgan fingerprint density at radius 2 is 1.62 bits per heavy atom. The molecule has 1 N–H and O–H groups in total. The van der Waals surface area contributed by atoms with Crippen LogP contribution >= 0.6 is 15.9 Å². The Bertz CT molecular complexity index is 1210. The SMILES string of the molecule is CC(C)c1ccc(OCC(=O)N(Cc2cccc(Br)c2)[C@H](Cc2ccccc2)C(=O)NC2CCCCC2)cc1. The minimum Gasteiger partial charge on any atom is -0.484 e. The lowest BCUT2D eigenvalue weighted by Crippen LogP contribution is -2.53. The van der Waals surface area contributed by atoms with Gasteiger partial charge in [0.2, 0.25) is 5.91 Å². The summed E-state index contributed by atoms with van der Waals surface area (Å²) in [5.41, 5.74) is 3.17. The molecule has 0 spiro atoms. The molecular weight excluding hydrogens is 552 g/mol. The molecule has 4 rings (SSSR count). The summed E-state index contributed by atoms with van der Waals surface area (Å²) in [6.45, 7) is 4.45. The maximum absolute atomic E-state index is 13.8. The van der Waals surface area contributed by atoms with Crippen LogP contribution in [0, 0.1) is 0 Å². The van der Waals surface area contributed by atoms with Gasteiger partial charge in [0.25, 0.3) is 5.91 Å². The van der Waals surface area contributed by atoms with Crippen LogP contribution in [-0.4, -0.2) is 35.4 Å². The van der Waals surface area contributed by atoms with Crippen LogP contribution in [0.15, 0.2) is 83.3 Å². The lowest BCUT2D eigenvalue weighted by molar-refractivity contribution is -0.143. The molecule has 6 heteroatoms. The van der Waals surface area contributed by atoms with Crippen molar-refractivity contribution in [1.82, 2.24) is 10.2 Å². The van der Waals surface area contributed by atoms with E-state index in [4.69, 9.17) is 4.74 Å². The predicted molar refractivity (Wildman–Crippen MR) is 160 cm³/mol. The van der Waals surface area contributed by atoms with E-state index < -0.39 is 6.04 Å². The van der Waals surface area contributed by atoms with E-state index >= 15 is 0 Å². The van der Waals surface area contributed by atoms with E-state index in [1.165, 1.54) is 12.0 Å². The van der Waals surface area contributed by atoms with Gasteiger partial charge in [0, 0.05) is 23.5 Å². The van der Waals surface area contributed by atoms with Crippen molar-refractivity contribution < 1.29 is 14.3 Å². The molecule has 206 valence electrons. The predicted octanol–water partition coefficient (Wildman–Crippen LogP) is 7.04. The van der Waals surface area contributed by atoms with Crippen molar-refractivity contribution in [2.24, 2.45) is 0 Å². The van der Waals surface area contributed by atoms with Crippen LogP contribution in [0.25, 0.3) is 0 Å². The minimum absolute atomic E-state index is 0.101. The maximum Gasteiger partial charge on any atom is 0.261 e. The number of nitrogens with one attached hydrogen (secondary N) is 1. The summed E-state index contributed by atoms with van der Waals surface area (Å²) in [6.07, 6.45) is 5.86. The first-order valence-corrected chi connectivity index (χ1v) is 14.8. The lowest BCUT2D eigenvalue weighted by Gasteiger charge is -2.33. The van der Waals surface area contributed by atoms with E-state index in [1.807, 2.05) is 78.9 Å². The van der Waals surface area contributed by atoms with Gasteiger partial charge in [-0.25, -0.2) is 0 Å². The molecule has 39 heavy (non-hydrogen) atoms. The number of benzene rings is 3. The first-order chi connectivity index (χ1) is 18.9. The van der Waals surface area contributed by atoms with Gasteiger partial charge < -0.3 is 15.0 Å². The fourth-order valence-corrected chi connectivity index (χ4v) is 5.55. The molecule has 0 saturated heterocycles. The molecule has 1 aliphatic rings. The number of halogens is 1. The fourth-order valence-electron chi connectivity index (χ4n) is 5.11. The average molecular weight is 592 g/mol. The molecule has 5 nitrogen and oxygen atoms in total. The second-order valence-electron chi connectivity index (χ2n) is 10.7. The molecule has 0 radical (unpaired) electrons. The molecule has 1 saturated carbocycles. The molecule has 0 aromatic heterocycles. The molecular formula is C33H39BrN2O3. The van der Waals surface area contributed by atoms with Crippen molar-refractivity contribution in [3.63, 3.8) is 0 Å². The Morgan fingerprint density at radius 1 is 0.923 bits per heavy atom. The molecule has 0 heterocycles. The summed E-state index contributed by atoms with van der Waals surface area (Å²) in [4.78, 5) is 29.3. The third kappa shape index (κ3) is 8.69. The molecule has 3 aromatic rings. The van der Waals surface area contributed by atoms with Crippen molar-refractivity contribution in [3.05, 3.63) is 100 Å². The number of carbonyl (C=O) groups is 2. The molecule has 2 amide bonds. The van der Waals surface area contributed by atoms with Crippen molar-refractivity contribution in [3.8, 4) is 5.75 Å². The Hall–Kier alpha value is -3.12. The van der Waals surface area contributed by atoms with E-state index in [1.54, 1.807) is 4.90 Å². The summed E-state index contributed by atoms with van der Waals surface area (Å²) in [5.74, 6) is 0.738. The summed E-state index contributed by atoms with van der Waals surface area (Å²) < 4.78 is 6.87. The van der Waals surface area contributed by atoms with Gasteiger partial charge in [-0.05, 0) is 59.7 Å². The quantitative estimate of drug-likeness (QED) is 0.260. The van der Waals surface area contributed by atoms with Crippen molar-refractivity contribution >= 4 is 27.7 Å². The van der Waals surface area contributed by atoms with E-state index in [9.17, 15) is 9.59 Å². The largest absolute Gasteiger partial charge is 0.484 e. The van der Waals surface area contributed by atoms with E-state index in [0.717, 1.165) is 41.3 Å². The Labute approximate surface area is 241 Å². The zero-order valence-electron chi connectivity index (χ0n) is 22.9. The number of carbonyl (C=O) groups excluding carboxylic acids is 2. The second kappa shape index (κ2) is 14.3. The topological polar surface area (TPSA) is 58.6 Å². The molecule has 0 aliphatic heterocycles. The van der Waals surface area contributed by atoms with Crippen LogP contribution in [0.5, 0.6) is 5.75 Å². The fraction of sp³-hybridized carbons (Fsp3) is 0.394. The molecule has 0 unspecified atom stereocenters. The third-order valence-corrected chi connectivity index (χ3v) is 7.87. The monoisotopic (exact) mass is 590 g/mol. The van der Waals surface area contributed by atoms with E-state index in [0.29, 0.717) is 24.6 Å². The molecule has 3 aromatic carbocycles. The van der Waals surface area contributed by atoms with Gasteiger partial charge in [-0.2, -0.15) is 0 Å². The standard InChI is InChI=1S/C33H39BrN2O3/c1-24(2)27-16-18-30(19-17-27)39-23-32(37)36(22-26-12-9-13-28(34)20-26)31(21-25-10-5-3-6-11-25)33(38)35-29-14-7-4-8-15-29/h3,5-6,9-13,16-20,24,29,31H,4,7-8,14-15,21-23H2,1-2H3,(H,35,38)/t31-/m1/s1. The van der Waals surface area contributed by atoms with Crippen LogP contribution in [-0.2, 0) is 22.6 Å². The number of ether oxygens (including phenoxy) is 1. The highest BCUT2D eigenvalue weighted by Gasteiger charge is 2.32. The second-order valence-corrected chi connectivity index (χ2v) is 11.6. The summed E-state index contributed by atoms with van der Waals surface area (Å²) in [5, 5.41) is 3.28. The average Bonchev–Trinajstić information content (AvgIpc) is 2.95. The van der Waals surface area contributed by atoms with Gasteiger partial charge in [0.15, 0.2) is 6.61 Å². The van der Waals surface area contributed by atoms with Gasteiger partial charge in [-0.1, -0.05) is 104 Å². The highest BCUT2D eigenvalue weighted by atomic mass is 79.9. The summed E-state index contributed by atoms with van der Waals surface area (Å²) in [6, 6.07) is 25.1. The highest BCUT2D eigenvalue weighted by Crippen LogP contribution is 2.22. The molecule has 1 atom stereocenters. The van der Waals surface area contributed by atoms with Crippen LogP contribution in [0.4, 0.5) is 0 Å². The van der Waals surface area contributed by atoms with Crippen molar-refractivity contribution in [1.29, 1.82) is 0 Å². The first kappa shape index (κ1) is 28.9. The third-order valence-electron chi connectivity index (χ3n) is 7.37. The van der Waals surface area contributed by atoms with Crippen molar-refractivity contribution in [2.45, 2.75) is 76.9 Å². The Kier molecular flexibility index (Phi) is 10.6. The minimum atomic E-state index is -0.660. The zero-order chi connectivity index (χ0) is 27.6. The Morgan fingerprint density at radius 3 is 2.28 bits per heavy atom. The first-order valence-electron chi connectivity index (χ1n) is 14.0. The van der Waals surface area contributed by atoms with Gasteiger partial charge in [-0.15, -0.1) is 0 Å². The van der Waals surface area contributed by atoms with Crippen LogP contribution in [0.3, 0.4) is 0 Å². The number of rotatable bonds is 11. The maximum atomic E-state index is 13.8. The van der Waals surface area contributed by atoms with Crippen LogP contribution in [0.1, 0.15) is 68.6 Å².